The summed E-state index contributed by atoms with van der Waals surface area (Å²) in [6.07, 6.45) is -5.43. The van der Waals surface area contributed by atoms with Gasteiger partial charge in [-0.05, 0) is 104 Å². The molecule has 588 valence electrons. The predicted molar refractivity (Wildman–Crippen MR) is 364 cm³/mol. The number of carbonyl (C=O) groups is 9. The van der Waals surface area contributed by atoms with Crippen LogP contribution in [-0.4, -0.2) is 286 Å². The number of hydrogen-bond donors (Lipinski definition) is 19. The van der Waals surface area contributed by atoms with E-state index >= 15 is 0 Å². The summed E-state index contributed by atoms with van der Waals surface area (Å²) < 4.78 is 34.6. The van der Waals surface area contributed by atoms with Gasteiger partial charge in [0, 0.05) is 72.4 Å². The van der Waals surface area contributed by atoms with Crippen LogP contribution in [0.4, 0.5) is 0 Å². The number of aliphatic hydroxyl groups excluding tert-OH is 10. The number of amides is 9. The van der Waals surface area contributed by atoms with Crippen LogP contribution in [0.1, 0.15) is 183 Å². The van der Waals surface area contributed by atoms with Crippen LogP contribution in [0.3, 0.4) is 0 Å². The van der Waals surface area contributed by atoms with Crippen LogP contribution in [0.5, 0.6) is 0 Å². The molecule has 0 aromatic carbocycles. The second-order valence-electron chi connectivity index (χ2n) is 28.2. The summed E-state index contributed by atoms with van der Waals surface area (Å²) in [7, 11) is 0. The average Bonchev–Trinajstić information content (AvgIpc) is 0.820. The van der Waals surface area contributed by atoms with Gasteiger partial charge in [-0.25, -0.2) is 0 Å². The van der Waals surface area contributed by atoms with Gasteiger partial charge in [-0.15, -0.1) is 0 Å². The van der Waals surface area contributed by atoms with Gasteiger partial charge in [0.1, 0.15) is 85.1 Å². The van der Waals surface area contributed by atoms with Crippen molar-refractivity contribution in [3.05, 3.63) is 0 Å². The van der Waals surface area contributed by atoms with E-state index in [1.807, 2.05) is 20.8 Å². The lowest BCUT2D eigenvalue weighted by Crippen LogP contribution is -2.64. The average molecular weight is 1460 g/mol. The quantitative estimate of drug-likeness (QED) is 0.0261. The molecule has 34 nitrogen and oxygen atoms in total. The third-order valence-corrected chi connectivity index (χ3v) is 18.6. The fourth-order valence-corrected chi connectivity index (χ4v) is 12.7. The van der Waals surface area contributed by atoms with Gasteiger partial charge < -0.3 is 127 Å². The fourth-order valence-electron chi connectivity index (χ4n) is 12.7. The van der Waals surface area contributed by atoms with Crippen LogP contribution in [0.15, 0.2) is 0 Å². The molecule has 3 aliphatic heterocycles. The Kier molecular flexibility index (Phi) is 41.2. The highest BCUT2D eigenvalue weighted by Crippen LogP contribution is 2.31. The first-order valence-corrected chi connectivity index (χ1v) is 36.4. The molecule has 0 spiro atoms. The van der Waals surface area contributed by atoms with Gasteiger partial charge >= 0.3 is 0 Å². The molecule has 102 heavy (non-hydrogen) atoms. The molecule has 19 N–H and O–H groups in total. The van der Waals surface area contributed by atoms with Crippen LogP contribution in [0.2, 0.25) is 0 Å². The first-order valence-electron chi connectivity index (χ1n) is 36.4. The number of rotatable bonds is 46. The zero-order valence-electron chi connectivity index (χ0n) is 60.3. The first-order chi connectivity index (χ1) is 48.5. The van der Waals surface area contributed by atoms with Crippen molar-refractivity contribution in [2.75, 3.05) is 65.9 Å². The Balaban J connectivity index is 1.38. The van der Waals surface area contributed by atoms with Crippen LogP contribution in [0.25, 0.3) is 0 Å². The van der Waals surface area contributed by atoms with E-state index in [-0.39, 0.29) is 63.6 Å². The Labute approximate surface area is 597 Å². The summed E-state index contributed by atoms with van der Waals surface area (Å²) >= 11 is 0. The van der Waals surface area contributed by atoms with E-state index in [9.17, 15) is 94.2 Å². The molecular weight excluding hydrogens is 1340 g/mol. The lowest BCUT2D eigenvalue weighted by molar-refractivity contribution is -0.270. The summed E-state index contributed by atoms with van der Waals surface area (Å²) in [6, 6.07) is -7.17. The van der Waals surface area contributed by atoms with Crippen molar-refractivity contribution in [1.29, 1.82) is 0 Å². The maximum atomic E-state index is 14.0. The summed E-state index contributed by atoms with van der Waals surface area (Å²) in [4.78, 5) is 118. The summed E-state index contributed by atoms with van der Waals surface area (Å²) in [5, 5.41) is 126. The Bertz CT molecular complexity index is 2530. The number of hydrogen-bond acceptors (Lipinski definition) is 25. The van der Waals surface area contributed by atoms with Crippen molar-refractivity contribution in [2.24, 2.45) is 11.8 Å². The second kappa shape index (κ2) is 47.2. The molecule has 4 rings (SSSR count). The third-order valence-electron chi connectivity index (χ3n) is 18.6. The molecule has 3 saturated heterocycles. The highest BCUT2D eigenvalue weighted by atomic mass is 16.7. The standard InChI is InChI=1S/C68H121N9O25/c1-39(82)72-53-47(100-48(35-79)56(87)59(53)90)20-14-8-7-9-16-30-70-63(94)44(25-27-51(85)69-29-15-10-12-18-32-97-66-54(73-40(2)83)60(91)57(88)49(36-80)101-66)75-52(86)28-26-45(76-65(96)46(34-78)77-62(93)43-23-21-42(22-24-43)38-99-68(4,5)6)64(95)71-31-17-11-13-19-33-98-67-55(74-41(3)84)61(92)58(89)50(37-81)102-67/h42-50,53-61,66-67,78-81,87-92H,7-38H2,1-6H3,(H,69,85)(H,70,94)(H,71,95)(H,72,82)(H,73,83)(H,74,84)(H,75,86)(H,76,96)(H,77,93)/t42?,43?,44?,45?,46-,47?,48?,49?,50?,53?,54?,55?,56?,57?,58?,59?,60?,61?,66?,67?/m1/s1. The number of ether oxygens (including phenoxy) is 6. The molecule has 9 amide bonds. The third kappa shape index (κ3) is 31.7. The molecule has 0 radical (unpaired) electrons. The molecule has 3 heterocycles. The van der Waals surface area contributed by atoms with E-state index < -0.39 is 202 Å². The van der Waals surface area contributed by atoms with E-state index in [4.69, 9.17) is 28.4 Å². The Hall–Kier alpha value is -5.41. The van der Waals surface area contributed by atoms with Gasteiger partial charge in [-0.3, -0.25) is 43.2 Å². The van der Waals surface area contributed by atoms with E-state index in [1.165, 1.54) is 20.8 Å². The van der Waals surface area contributed by atoms with Crippen LogP contribution in [-0.2, 0) is 71.6 Å². The SMILES string of the molecule is CC(=O)NC1C(CCCCCCCNC(=O)C(CCC(=O)NCCCCCCOC2OC(CO)C(O)C(O)C2NC(C)=O)NC(=O)CCC(NC(=O)[C@@H](CO)NC(=O)C2CCC(COC(C)(C)C)CC2)C(=O)NCCCCCCOC2OC(CO)C(O)C(O)C2NC(C)=O)OC(CO)C(O)C1O. The molecule has 0 bridgehead atoms. The minimum atomic E-state index is -1.48. The molecule has 4 aliphatic rings. The number of nitrogens with one attached hydrogen (secondary N) is 9. The maximum absolute atomic E-state index is 14.0. The molecule has 1 aliphatic carbocycles. The van der Waals surface area contributed by atoms with Gasteiger partial charge in [0.2, 0.25) is 53.2 Å². The molecule has 34 heteroatoms. The normalized spacial score (nSPS) is 28.3. The van der Waals surface area contributed by atoms with Gasteiger partial charge in [0.05, 0.1) is 50.8 Å². The highest BCUT2D eigenvalue weighted by Gasteiger charge is 2.48. The number of aliphatic hydroxyl groups is 10. The zero-order valence-corrected chi connectivity index (χ0v) is 60.3. The zero-order chi connectivity index (χ0) is 75.5. The Morgan fingerprint density at radius 3 is 1.31 bits per heavy atom. The Morgan fingerprint density at radius 1 is 0.441 bits per heavy atom. The van der Waals surface area contributed by atoms with Crippen LogP contribution >= 0.6 is 0 Å². The Morgan fingerprint density at radius 2 is 0.853 bits per heavy atom. The summed E-state index contributed by atoms with van der Waals surface area (Å²) in [6.45, 7) is 8.47. The topological polar surface area (TPSA) is 520 Å². The molecule has 18 atom stereocenters. The number of unbranched alkanes of at least 4 members (excludes halogenated alkanes) is 10. The molecular formula is C68H121N9O25. The monoisotopic (exact) mass is 1460 g/mol. The van der Waals surface area contributed by atoms with Crippen molar-refractivity contribution in [2.45, 2.75) is 298 Å². The van der Waals surface area contributed by atoms with Gasteiger partial charge in [0.15, 0.2) is 12.6 Å². The van der Waals surface area contributed by atoms with Crippen molar-refractivity contribution >= 4 is 53.2 Å². The van der Waals surface area contributed by atoms with Crippen molar-refractivity contribution in [1.82, 2.24) is 47.9 Å². The van der Waals surface area contributed by atoms with Gasteiger partial charge in [0.25, 0.3) is 0 Å². The van der Waals surface area contributed by atoms with Crippen molar-refractivity contribution in [3.63, 3.8) is 0 Å². The molecule has 0 aromatic rings. The lowest BCUT2D eigenvalue weighted by atomic mass is 9.82. The highest BCUT2D eigenvalue weighted by molar-refractivity contribution is 5.93. The minimum Gasteiger partial charge on any atom is -0.394 e. The lowest BCUT2D eigenvalue weighted by Gasteiger charge is -2.42. The fraction of sp³-hybridized carbons (Fsp3) is 0.868. The summed E-state index contributed by atoms with van der Waals surface area (Å²) in [5.74, 6) is -5.33. The van der Waals surface area contributed by atoms with Crippen molar-refractivity contribution in [3.8, 4) is 0 Å². The van der Waals surface area contributed by atoms with Crippen LogP contribution in [0, 0.1) is 11.8 Å². The molecule has 17 unspecified atom stereocenters. The summed E-state index contributed by atoms with van der Waals surface area (Å²) in [5.41, 5.74) is -0.324. The molecule has 4 fully saturated rings. The first kappa shape index (κ1) is 89.0. The molecule has 0 aromatic heterocycles. The number of carbonyl (C=O) groups excluding carboxylic acids is 9. The largest absolute Gasteiger partial charge is 0.394 e. The van der Waals surface area contributed by atoms with Gasteiger partial charge in [-0.1, -0.05) is 51.4 Å². The smallest absolute Gasteiger partial charge is 0.245 e. The second-order valence-corrected chi connectivity index (χ2v) is 28.2. The molecule has 1 saturated carbocycles. The van der Waals surface area contributed by atoms with E-state index in [0.29, 0.717) is 122 Å². The minimum absolute atomic E-state index is 0.106. The van der Waals surface area contributed by atoms with Crippen LogP contribution < -0.4 is 47.9 Å². The van der Waals surface area contributed by atoms with E-state index in [0.717, 1.165) is 0 Å². The van der Waals surface area contributed by atoms with E-state index in [2.05, 4.69) is 47.9 Å². The maximum Gasteiger partial charge on any atom is 0.245 e. The van der Waals surface area contributed by atoms with E-state index in [1.54, 1.807) is 0 Å². The van der Waals surface area contributed by atoms with Crippen molar-refractivity contribution < 1.29 is 123 Å². The van der Waals surface area contributed by atoms with Gasteiger partial charge in [-0.2, -0.15) is 0 Å². The predicted octanol–water partition coefficient (Wildman–Crippen LogP) is -3.67.